The fourth-order valence-electron chi connectivity index (χ4n) is 2.36. The van der Waals surface area contributed by atoms with Crippen molar-refractivity contribution in [3.05, 3.63) is 52.6 Å². The van der Waals surface area contributed by atoms with Gasteiger partial charge in [0, 0.05) is 24.8 Å². The Hall–Kier alpha value is -3.47. The second-order valence-electron chi connectivity index (χ2n) is 5.32. The monoisotopic (exact) mass is 353 g/mol. The molecule has 0 spiro atoms. The van der Waals surface area contributed by atoms with Crippen LogP contribution in [0.15, 0.2) is 52.7 Å². The van der Waals surface area contributed by atoms with Gasteiger partial charge in [0.1, 0.15) is 5.69 Å². The smallest absolute Gasteiger partial charge is 0.273 e. The van der Waals surface area contributed by atoms with Crippen LogP contribution in [0.1, 0.15) is 13.3 Å². The molecule has 8 nitrogen and oxygen atoms in total. The topological polar surface area (TPSA) is 104 Å². The number of ether oxygens (including phenoxy) is 1. The van der Waals surface area contributed by atoms with Gasteiger partial charge in [0.2, 0.25) is 0 Å². The number of methoxy groups -OCH3 is 1. The van der Waals surface area contributed by atoms with Crippen molar-refractivity contribution < 1.29 is 9.66 Å². The molecule has 0 heterocycles. The van der Waals surface area contributed by atoms with E-state index in [-0.39, 0.29) is 11.4 Å². The first-order valence-electron chi connectivity index (χ1n) is 8.05. The van der Waals surface area contributed by atoms with Crippen LogP contribution in [0.3, 0.4) is 0 Å². The number of hydrogen-bond acceptors (Lipinski definition) is 7. The summed E-state index contributed by atoms with van der Waals surface area (Å²) in [6.07, 6.45) is 0.467. The Balaban J connectivity index is 2.16. The fourth-order valence-corrected chi connectivity index (χ4v) is 2.36. The van der Waals surface area contributed by atoms with Crippen molar-refractivity contribution >= 4 is 22.7 Å². The molecule has 0 unspecified atom stereocenters. The van der Waals surface area contributed by atoms with Crippen LogP contribution in [0.2, 0.25) is 0 Å². The van der Waals surface area contributed by atoms with Crippen molar-refractivity contribution in [2.75, 3.05) is 25.1 Å². The van der Waals surface area contributed by atoms with E-state index in [1.807, 2.05) is 31.2 Å². The lowest BCUT2D eigenvalue weighted by Gasteiger charge is -2.21. The molecule has 0 aromatic heterocycles. The second kappa shape index (κ2) is 9.13. The van der Waals surface area contributed by atoms with E-state index in [2.05, 4.69) is 21.2 Å². The van der Waals surface area contributed by atoms with Crippen LogP contribution in [0, 0.1) is 21.4 Å². The Morgan fingerprint density at radius 2 is 1.96 bits per heavy atom. The van der Waals surface area contributed by atoms with E-state index >= 15 is 0 Å². The lowest BCUT2D eigenvalue weighted by Crippen LogP contribution is -2.23. The van der Waals surface area contributed by atoms with Crippen molar-refractivity contribution in [2.24, 2.45) is 10.2 Å². The highest BCUT2D eigenvalue weighted by atomic mass is 16.6. The Labute approximate surface area is 151 Å². The Morgan fingerprint density at radius 3 is 2.54 bits per heavy atom. The molecule has 0 fully saturated rings. The normalized spacial score (nSPS) is 10.5. The van der Waals surface area contributed by atoms with Gasteiger partial charge in [-0.25, -0.2) is 0 Å². The van der Waals surface area contributed by atoms with E-state index in [9.17, 15) is 10.1 Å². The summed E-state index contributed by atoms with van der Waals surface area (Å²) in [6.45, 7) is 3.52. The van der Waals surface area contributed by atoms with Crippen LogP contribution >= 0.6 is 0 Å². The number of non-ortho nitro benzene ring substituents is 1. The third kappa shape index (κ3) is 4.77. The SMILES string of the molecule is CCN(CCC#N)c1ccc(N=Nc2ccc([N+](=O)[O-])cc2OC)cc1. The molecular weight excluding hydrogens is 334 g/mol. The summed E-state index contributed by atoms with van der Waals surface area (Å²) in [7, 11) is 1.42. The molecule has 0 radical (unpaired) electrons. The molecule has 8 heteroatoms. The standard InChI is InChI=1S/C18H19N5O3/c1-3-22(12-4-11-19)15-7-5-14(6-8-15)20-21-17-10-9-16(23(24)25)13-18(17)26-2/h5-10,13H,3-4,12H2,1-2H3. The van der Waals surface area contributed by atoms with Gasteiger partial charge in [-0.15, -0.1) is 5.11 Å². The molecule has 0 N–H and O–H groups in total. The van der Waals surface area contributed by atoms with E-state index in [0.29, 0.717) is 24.3 Å². The molecule has 2 aromatic carbocycles. The summed E-state index contributed by atoms with van der Waals surface area (Å²) >= 11 is 0. The van der Waals surface area contributed by atoms with Gasteiger partial charge >= 0.3 is 0 Å². The van der Waals surface area contributed by atoms with Gasteiger partial charge in [0.15, 0.2) is 5.75 Å². The molecule has 0 atom stereocenters. The number of nitrogens with zero attached hydrogens (tertiary/aromatic N) is 5. The quantitative estimate of drug-likeness (QED) is 0.386. The van der Waals surface area contributed by atoms with Crippen LogP contribution < -0.4 is 9.64 Å². The van der Waals surface area contributed by atoms with Crippen LogP contribution in [0.4, 0.5) is 22.7 Å². The molecule has 26 heavy (non-hydrogen) atoms. The van der Waals surface area contributed by atoms with E-state index in [0.717, 1.165) is 12.2 Å². The van der Waals surface area contributed by atoms with E-state index in [4.69, 9.17) is 10.00 Å². The minimum absolute atomic E-state index is 0.0674. The lowest BCUT2D eigenvalue weighted by atomic mass is 10.2. The highest BCUT2D eigenvalue weighted by Gasteiger charge is 2.11. The average molecular weight is 353 g/mol. The third-order valence-electron chi connectivity index (χ3n) is 3.74. The summed E-state index contributed by atoms with van der Waals surface area (Å²) in [6, 6.07) is 13.8. The number of anilines is 1. The van der Waals surface area contributed by atoms with Crippen molar-refractivity contribution in [1.82, 2.24) is 0 Å². The zero-order chi connectivity index (χ0) is 18.9. The van der Waals surface area contributed by atoms with Crippen molar-refractivity contribution in [3.8, 4) is 11.8 Å². The molecule has 0 aliphatic heterocycles. The molecule has 0 aliphatic rings. The van der Waals surface area contributed by atoms with Gasteiger partial charge in [0.05, 0.1) is 36.3 Å². The maximum atomic E-state index is 10.8. The zero-order valence-corrected chi connectivity index (χ0v) is 14.6. The Bertz CT molecular complexity index is 828. The molecule has 0 bridgehead atoms. The predicted octanol–water partition coefficient (Wildman–Crippen LogP) is 4.76. The lowest BCUT2D eigenvalue weighted by molar-refractivity contribution is -0.384. The van der Waals surface area contributed by atoms with Crippen molar-refractivity contribution in [1.29, 1.82) is 5.26 Å². The van der Waals surface area contributed by atoms with Crippen molar-refractivity contribution in [3.63, 3.8) is 0 Å². The van der Waals surface area contributed by atoms with Crippen LogP contribution in [0.5, 0.6) is 5.75 Å². The second-order valence-corrected chi connectivity index (χ2v) is 5.32. The Morgan fingerprint density at radius 1 is 1.23 bits per heavy atom. The van der Waals surface area contributed by atoms with Gasteiger partial charge < -0.3 is 9.64 Å². The summed E-state index contributed by atoms with van der Waals surface area (Å²) in [5.41, 5.74) is 1.99. The number of nitro groups is 1. The molecule has 0 amide bonds. The van der Waals surface area contributed by atoms with Gasteiger partial charge in [-0.2, -0.15) is 10.4 Å². The summed E-state index contributed by atoms with van der Waals surface area (Å²) in [5, 5.41) is 27.8. The number of nitro benzene ring substituents is 1. The summed E-state index contributed by atoms with van der Waals surface area (Å²) in [5.74, 6) is 0.285. The minimum Gasteiger partial charge on any atom is -0.494 e. The first-order valence-corrected chi connectivity index (χ1v) is 8.05. The molecule has 0 aliphatic carbocycles. The van der Waals surface area contributed by atoms with Gasteiger partial charge in [-0.05, 0) is 37.3 Å². The summed E-state index contributed by atoms with van der Waals surface area (Å²) in [4.78, 5) is 12.4. The van der Waals surface area contributed by atoms with E-state index in [1.54, 1.807) is 0 Å². The number of nitriles is 1. The number of hydrogen-bond donors (Lipinski definition) is 0. The molecule has 0 saturated carbocycles. The largest absolute Gasteiger partial charge is 0.494 e. The van der Waals surface area contributed by atoms with Gasteiger partial charge in [-0.3, -0.25) is 10.1 Å². The molecule has 2 aromatic rings. The fraction of sp³-hybridized carbons (Fsp3) is 0.278. The van der Waals surface area contributed by atoms with E-state index < -0.39 is 4.92 Å². The first-order chi connectivity index (χ1) is 12.6. The molecule has 2 rings (SSSR count). The summed E-state index contributed by atoms with van der Waals surface area (Å²) < 4.78 is 5.14. The van der Waals surface area contributed by atoms with Crippen LogP contribution in [-0.4, -0.2) is 25.1 Å². The van der Waals surface area contributed by atoms with Gasteiger partial charge in [-0.1, -0.05) is 0 Å². The first kappa shape index (κ1) is 18.9. The minimum atomic E-state index is -0.492. The maximum Gasteiger partial charge on any atom is 0.273 e. The van der Waals surface area contributed by atoms with Crippen molar-refractivity contribution in [2.45, 2.75) is 13.3 Å². The average Bonchev–Trinajstić information content (AvgIpc) is 2.67. The molecule has 134 valence electrons. The van der Waals surface area contributed by atoms with Crippen LogP contribution in [0.25, 0.3) is 0 Å². The maximum absolute atomic E-state index is 10.8. The van der Waals surface area contributed by atoms with E-state index in [1.165, 1.54) is 25.3 Å². The van der Waals surface area contributed by atoms with Gasteiger partial charge in [0.25, 0.3) is 5.69 Å². The number of benzene rings is 2. The third-order valence-corrected chi connectivity index (χ3v) is 3.74. The highest BCUT2D eigenvalue weighted by Crippen LogP contribution is 2.32. The molecule has 0 saturated heterocycles. The predicted molar refractivity (Wildman–Crippen MR) is 98.4 cm³/mol. The van der Waals surface area contributed by atoms with Crippen LogP contribution in [-0.2, 0) is 0 Å². The highest BCUT2D eigenvalue weighted by molar-refractivity contribution is 5.57. The Kier molecular flexibility index (Phi) is 6.62. The number of rotatable bonds is 8. The zero-order valence-electron chi connectivity index (χ0n) is 14.6. The number of azo groups is 1. The molecular formula is C18H19N5O3.